The summed E-state index contributed by atoms with van der Waals surface area (Å²) in [6, 6.07) is 11.7. The van der Waals surface area contributed by atoms with E-state index in [1.165, 1.54) is 6.08 Å². The first kappa shape index (κ1) is 47.9. The Balaban J connectivity index is 1.26. The molecule has 3 aliphatic rings. The normalized spacial score (nSPS) is 29.3. The van der Waals surface area contributed by atoms with Crippen molar-refractivity contribution in [3.63, 3.8) is 0 Å². The number of hydrogen-bond donors (Lipinski definition) is 13. The highest BCUT2D eigenvalue weighted by Crippen LogP contribution is 2.47. The SMILES string of the molecule is NC(N)=NCCCCNC(=O)/C=C\c1ccc2c(c1)C(C(=O)NCCCCN=C(N)N)C(c1ccc(OC3OC(CO)C(OC4OC(CO)C(O)C(O)C4O)C(O)C3O)cc1)O2. The highest BCUT2D eigenvalue weighted by Gasteiger charge is 2.51. The number of guanidine groups is 2. The van der Waals surface area contributed by atoms with E-state index < -0.39 is 86.6 Å². The van der Waals surface area contributed by atoms with Crippen molar-refractivity contribution in [1.29, 1.82) is 0 Å². The third-order valence-corrected chi connectivity index (χ3v) is 10.4. The molecule has 62 heavy (non-hydrogen) atoms. The average molecular weight is 875 g/mol. The van der Waals surface area contributed by atoms with Crippen molar-refractivity contribution in [2.24, 2.45) is 32.9 Å². The fraction of sp³-hybridized carbons (Fsp3) is 0.550. The van der Waals surface area contributed by atoms with Crippen molar-refractivity contribution in [3.8, 4) is 11.5 Å². The number of ether oxygens (including phenoxy) is 5. The van der Waals surface area contributed by atoms with E-state index >= 15 is 0 Å². The quantitative estimate of drug-likeness (QED) is 0.0263. The van der Waals surface area contributed by atoms with Crippen LogP contribution < -0.4 is 43.0 Å². The molecule has 2 amide bonds. The Hall–Kier alpha value is -5.14. The predicted molar refractivity (Wildman–Crippen MR) is 221 cm³/mol. The molecule has 17 N–H and O–H groups in total. The molecule has 0 bridgehead atoms. The van der Waals surface area contributed by atoms with E-state index in [1.54, 1.807) is 48.5 Å². The van der Waals surface area contributed by atoms with Gasteiger partial charge < -0.3 is 93.0 Å². The Morgan fingerprint density at radius 3 is 1.97 bits per heavy atom. The Bertz CT molecular complexity index is 1860. The number of nitrogens with two attached hydrogens (primary N) is 4. The van der Waals surface area contributed by atoms with Gasteiger partial charge >= 0.3 is 0 Å². The summed E-state index contributed by atoms with van der Waals surface area (Å²) in [6.07, 6.45) is -11.2. The highest BCUT2D eigenvalue weighted by atomic mass is 16.7. The van der Waals surface area contributed by atoms with Crippen molar-refractivity contribution >= 4 is 29.8 Å². The number of aliphatic hydroxyl groups is 7. The van der Waals surface area contributed by atoms with Crippen LogP contribution in [-0.4, -0.2) is 160 Å². The first-order valence-corrected chi connectivity index (χ1v) is 20.2. The first-order chi connectivity index (χ1) is 29.7. The molecule has 0 aromatic heterocycles. The number of nitrogens with zero attached hydrogens (tertiary/aromatic N) is 2. The van der Waals surface area contributed by atoms with Gasteiger partial charge in [-0.25, -0.2) is 0 Å². The standard InChI is InChI=1S/C40H58N8O14/c41-39(42)47-15-3-1-13-45-27(51)12-6-20-5-11-24-23(17-20)28(36(57)46-14-2-4-16-48-40(43)44)34(59-24)21-7-9-22(10-8-21)58-37-33(56)31(54)35(26(19-50)61-37)62-38-32(55)30(53)29(52)25(18-49)60-38/h5-12,17,25-26,28-35,37-38,49-50,52-56H,1-4,13-16,18-19H2,(H,45,51)(H,46,57)(H4,41,42,47)(H4,43,44,48)/b12-6-. The minimum Gasteiger partial charge on any atom is -0.484 e. The van der Waals surface area contributed by atoms with E-state index in [1.807, 2.05) is 0 Å². The molecule has 2 aromatic carbocycles. The number of benzene rings is 2. The molecule has 2 aromatic rings. The molecule has 22 heteroatoms. The molecule has 2 fully saturated rings. The summed E-state index contributed by atoms with van der Waals surface area (Å²) < 4.78 is 29.0. The molecular formula is C40H58N8O14. The van der Waals surface area contributed by atoms with E-state index in [0.717, 1.165) is 0 Å². The Morgan fingerprint density at radius 2 is 1.34 bits per heavy atom. The van der Waals surface area contributed by atoms with Gasteiger partial charge in [0, 0.05) is 37.8 Å². The van der Waals surface area contributed by atoms with Crippen molar-refractivity contribution < 1.29 is 69.0 Å². The van der Waals surface area contributed by atoms with E-state index in [0.29, 0.717) is 74.3 Å². The van der Waals surface area contributed by atoms with E-state index in [4.69, 9.17) is 46.6 Å². The van der Waals surface area contributed by atoms with Crippen LogP contribution in [0.3, 0.4) is 0 Å². The second kappa shape index (κ2) is 22.8. The molecule has 342 valence electrons. The van der Waals surface area contributed by atoms with Gasteiger partial charge in [-0.05, 0) is 67.2 Å². The van der Waals surface area contributed by atoms with E-state index in [9.17, 15) is 45.3 Å². The second-order valence-electron chi connectivity index (χ2n) is 14.9. The summed E-state index contributed by atoms with van der Waals surface area (Å²) in [7, 11) is 0. The lowest BCUT2D eigenvalue weighted by Gasteiger charge is -2.45. The van der Waals surface area contributed by atoms with Crippen LogP contribution >= 0.6 is 0 Å². The minimum absolute atomic E-state index is 0.0159. The van der Waals surface area contributed by atoms with Gasteiger partial charge in [0.25, 0.3) is 0 Å². The maximum absolute atomic E-state index is 13.9. The molecule has 0 radical (unpaired) electrons. The first-order valence-electron chi connectivity index (χ1n) is 20.2. The zero-order valence-corrected chi connectivity index (χ0v) is 33.9. The van der Waals surface area contributed by atoms with E-state index in [2.05, 4.69) is 20.6 Å². The van der Waals surface area contributed by atoms with Gasteiger partial charge in [0.1, 0.15) is 72.4 Å². The number of hydrogen-bond acceptors (Lipinski definition) is 16. The smallest absolute Gasteiger partial charge is 0.243 e. The zero-order valence-electron chi connectivity index (χ0n) is 33.9. The topological polar surface area (TPSA) is 375 Å². The molecular weight excluding hydrogens is 816 g/mol. The number of aliphatic imine (C=N–C) groups is 2. The maximum atomic E-state index is 13.9. The number of rotatable bonds is 20. The average Bonchev–Trinajstić information content (AvgIpc) is 3.64. The number of aliphatic hydroxyl groups excluding tert-OH is 7. The van der Waals surface area contributed by atoms with Crippen LogP contribution in [0, 0.1) is 0 Å². The number of fused-ring (bicyclic) bond motifs is 1. The molecule has 0 saturated carbocycles. The van der Waals surface area contributed by atoms with Crippen LogP contribution in [0.25, 0.3) is 6.08 Å². The molecule has 12 unspecified atom stereocenters. The molecule has 0 spiro atoms. The summed E-state index contributed by atoms with van der Waals surface area (Å²) in [4.78, 5) is 34.3. The molecule has 12 atom stereocenters. The second-order valence-corrected chi connectivity index (χ2v) is 14.9. The van der Waals surface area contributed by atoms with Crippen molar-refractivity contribution in [3.05, 3.63) is 65.2 Å². The number of carbonyl (C=O) groups excluding carboxylic acids is 2. The van der Waals surface area contributed by atoms with Crippen LogP contribution in [0.5, 0.6) is 11.5 Å². The lowest BCUT2D eigenvalue weighted by molar-refractivity contribution is -0.352. The van der Waals surface area contributed by atoms with Crippen LogP contribution in [0.15, 0.2) is 58.5 Å². The lowest BCUT2D eigenvalue weighted by atomic mass is 9.89. The Kier molecular flexibility index (Phi) is 17.6. The summed E-state index contributed by atoms with van der Waals surface area (Å²) >= 11 is 0. The monoisotopic (exact) mass is 874 g/mol. The van der Waals surface area contributed by atoms with Gasteiger partial charge in [-0.15, -0.1) is 0 Å². The molecule has 3 heterocycles. The largest absolute Gasteiger partial charge is 0.484 e. The summed E-state index contributed by atoms with van der Waals surface area (Å²) in [6.45, 7) is 0.185. The van der Waals surface area contributed by atoms with E-state index in [-0.39, 0.29) is 29.5 Å². The van der Waals surface area contributed by atoms with Crippen LogP contribution in [0.1, 0.15) is 54.4 Å². The highest BCUT2D eigenvalue weighted by molar-refractivity contribution is 5.92. The summed E-state index contributed by atoms with van der Waals surface area (Å²) in [5, 5.41) is 78.1. The van der Waals surface area contributed by atoms with Crippen molar-refractivity contribution in [2.45, 2.75) is 99.1 Å². The third kappa shape index (κ3) is 12.5. The number of carbonyl (C=O) groups is 2. The maximum Gasteiger partial charge on any atom is 0.243 e. The lowest BCUT2D eigenvalue weighted by Crippen LogP contribution is -2.65. The molecule has 22 nitrogen and oxygen atoms in total. The van der Waals surface area contributed by atoms with Gasteiger partial charge in [-0.3, -0.25) is 19.6 Å². The zero-order chi connectivity index (χ0) is 44.9. The number of unbranched alkanes of at least 4 members (excludes halogenated alkanes) is 2. The Labute approximate surface area is 357 Å². The van der Waals surface area contributed by atoms with Crippen LogP contribution in [0.4, 0.5) is 0 Å². The van der Waals surface area contributed by atoms with Gasteiger partial charge in [0.2, 0.25) is 18.1 Å². The molecule has 5 rings (SSSR count). The summed E-state index contributed by atoms with van der Waals surface area (Å²) in [5.74, 6) is -0.779. The van der Waals surface area contributed by atoms with Crippen molar-refractivity contribution in [1.82, 2.24) is 10.6 Å². The number of nitrogens with one attached hydrogen (secondary N) is 2. The Morgan fingerprint density at radius 1 is 0.726 bits per heavy atom. The van der Waals surface area contributed by atoms with Crippen LogP contribution in [0.2, 0.25) is 0 Å². The summed E-state index contributed by atoms with van der Waals surface area (Å²) in [5.41, 5.74) is 23.3. The molecule has 0 aliphatic carbocycles. The van der Waals surface area contributed by atoms with Gasteiger partial charge in [0.15, 0.2) is 18.2 Å². The van der Waals surface area contributed by atoms with Crippen molar-refractivity contribution in [2.75, 3.05) is 39.4 Å². The van der Waals surface area contributed by atoms with Gasteiger partial charge in [-0.1, -0.05) is 18.2 Å². The molecule has 3 aliphatic heterocycles. The van der Waals surface area contributed by atoms with Crippen LogP contribution in [-0.2, 0) is 23.8 Å². The fourth-order valence-electron chi connectivity index (χ4n) is 7.10. The fourth-order valence-corrected chi connectivity index (χ4v) is 7.10. The third-order valence-electron chi connectivity index (χ3n) is 10.4. The van der Waals surface area contributed by atoms with Gasteiger partial charge in [-0.2, -0.15) is 0 Å². The minimum atomic E-state index is -1.81. The van der Waals surface area contributed by atoms with Gasteiger partial charge in [0.05, 0.1) is 13.2 Å². The predicted octanol–water partition coefficient (Wildman–Crippen LogP) is -3.74. The number of amides is 2. The molecule has 2 saturated heterocycles.